The summed E-state index contributed by atoms with van der Waals surface area (Å²) in [7, 11) is 0. The van der Waals surface area contributed by atoms with Gasteiger partial charge in [-0.3, -0.25) is 4.79 Å². The first-order chi connectivity index (χ1) is 9.71. The van der Waals surface area contributed by atoms with Crippen LogP contribution in [0.3, 0.4) is 0 Å². The summed E-state index contributed by atoms with van der Waals surface area (Å²) in [5, 5.41) is 6.21. The van der Waals surface area contributed by atoms with E-state index in [1.54, 1.807) is 11.8 Å². The zero-order valence-corrected chi connectivity index (χ0v) is 13.5. The topological polar surface area (TPSA) is 54.0 Å². The number of carbonyl (C=O) groups is 1. The molecule has 0 saturated heterocycles. The molecule has 0 fully saturated rings. The van der Waals surface area contributed by atoms with Gasteiger partial charge in [-0.1, -0.05) is 13.8 Å². The van der Waals surface area contributed by atoms with Crippen LogP contribution in [0.1, 0.15) is 42.7 Å². The van der Waals surface area contributed by atoms with Crippen LogP contribution in [0.4, 0.5) is 5.82 Å². The minimum atomic E-state index is -0.0113. The molecule has 0 radical (unpaired) electrons. The number of hydrogen-bond donors (Lipinski definition) is 2. The summed E-state index contributed by atoms with van der Waals surface area (Å²) in [5.74, 6) is 1.85. The average Bonchev–Trinajstić information content (AvgIpc) is 2.48. The Morgan fingerprint density at radius 1 is 1.30 bits per heavy atom. The zero-order chi connectivity index (χ0) is 14.8. The lowest BCUT2D eigenvalue weighted by Crippen LogP contribution is -2.25. The number of nitrogens with one attached hydrogen (secondary N) is 2. The third-order valence-corrected chi connectivity index (χ3v) is 3.57. The first kappa shape index (κ1) is 16.8. The van der Waals surface area contributed by atoms with Crippen molar-refractivity contribution in [3.05, 3.63) is 23.4 Å². The molecule has 0 atom stereocenters. The average molecular weight is 295 g/mol. The lowest BCUT2D eigenvalue weighted by molar-refractivity contribution is 0.0953. The van der Waals surface area contributed by atoms with Crippen LogP contribution in [0.15, 0.2) is 12.1 Å². The van der Waals surface area contributed by atoms with Gasteiger partial charge < -0.3 is 10.6 Å². The van der Waals surface area contributed by atoms with Crippen LogP contribution in [0.2, 0.25) is 0 Å². The monoisotopic (exact) mass is 295 g/mol. The number of thioether (sulfide) groups is 1. The lowest BCUT2D eigenvalue weighted by Gasteiger charge is -2.10. The fourth-order valence-corrected chi connectivity index (χ4v) is 2.20. The molecule has 0 saturated carbocycles. The number of hydrogen-bond acceptors (Lipinski definition) is 4. The Morgan fingerprint density at radius 3 is 2.75 bits per heavy atom. The summed E-state index contributed by atoms with van der Waals surface area (Å²) >= 11 is 1.80. The highest BCUT2D eigenvalue weighted by molar-refractivity contribution is 7.98. The van der Waals surface area contributed by atoms with Crippen molar-refractivity contribution in [2.24, 2.45) is 0 Å². The van der Waals surface area contributed by atoms with Gasteiger partial charge in [-0.2, -0.15) is 11.8 Å². The van der Waals surface area contributed by atoms with E-state index in [2.05, 4.69) is 28.8 Å². The highest BCUT2D eigenvalue weighted by Crippen LogP contribution is 2.11. The molecule has 0 aromatic carbocycles. The highest BCUT2D eigenvalue weighted by atomic mass is 32.2. The number of anilines is 1. The molecule has 1 amide bonds. The van der Waals surface area contributed by atoms with Crippen LogP contribution in [0, 0.1) is 0 Å². The molecule has 112 valence electrons. The normalized spacial score (nSPS) is 10.3. The molecular weight excluding hydrogens is 270 g/mol. The number of rotatable bonds is 9. The summed E-state index contributed by atoms with van der Waals surface area (Å²) in [6, 6.07) is 3.71. The summed E-state index contributed by atoms with van der Waals surface area (Å²) in [5.41, 5.74) is 1.64. The number of pyridine rings is 1. The van der Waals surface area contributed by atoms with Crippen molar-refractivity contribution < 1.29 is 4.79 Å². The van der Waals surface area contributed by atoms with Gasteiger partial charge >= 0.3 is 0 Å². The van der Waals surface area contributed by atoms with Crippen LogP contribution >= 0.6 is 11.8 Å². The minimum absolute atomic E-state index is 0.0113. The van der Waals surface area contributed by atoms with Crippen LogP contribution in [0.25, 0.3) is 0 Å². The largest absolute Gasteiger partial charge is 0.370 e. The predicted octanol–water partition coefficient (Wildman–Crippen LogP) is 2.95. The summed E-state index contributed by atoms with van der Waals surface area (Å²) < 4.78 is 0. The van der Waals surface area contributed by atoms with Crippen molar-refractivity contribution in [1.29, 1.82) is 0 Å². The van der Waals surface area contributed by atoms with Crippen LogP contribution in [0.5, 0.6) is 0 Å². The molecule has 1 aromatic heterocycles. The quantitative estimate of drug-likeness (QED) is 0.688. The molecular formula is C15H25N3OS. The van der Waals surface area contributed by atoms with Gasteiger partial charge in [0.05, 0.1) is 0 Å². The molecule has 2 N–H and O–H groups in total. The molecule has 5 heteroatoms. The number of amides is 1. The van der Waals surface area contributed by atoms with Crippen molar-refractivity contribution in [1.82, 2.24) is 10.3 Å². The fraction of sp³-hybridized carbons (Fsp3) is 0.600. The van der Waals surface area contributed by atoms with E-state index in [4.69, 9.17) is 0 Å². The maximum atomic E-state index is 12.1. The second-order valence-corrected chi connectivity index (χ2v) is 5.60. The summed E-state index contributed by atoms with van der Waals surface area (Å²) in [6.07, 6.45) is 4.94. The standard InChI is InChI=1S/C15H25N3OS/c1-4-7-16-14-11-12(10-13(5-2)18-14)15(19)17-8-6-9-20-3/h10-11H,4-9H2,1-3H3,(H,16,18)(H,17,19). The molecule has 0 aliphatic rings. The van der Waals surface area contributed by atoms with Crippen LogP contribution in [-0.4, -0.2) is 36.0 Å². The first-order valence-electron chi connectivity index (χ1n) is 7.23. The molecule has 0 unspecified atom stereocenters. The van der Waals surface area contributed by atoms with Gasteiger partial charge in [0.15, 0.2) is 0 Å². The van der Waals surface area contributed by atoms with Gasteiger partial charge in [0.25, 0.3) is 5.91 Å². The van der Waals surface area contributed by atoms with Crippen molar-refractivity contribution in [2.45, 2.75) is 33.1 Å². The number of carbonyl (C=O) groups excluding carboxylic acids is 1. The van der Waals surface area contributed by atoms with E-state index >= 15 is 0 Å². The fourth-order valence-electron chi connectivity index (χ4n) is 1.76. The third kappa shape index (κ3) is 5.82. The molecule has 1 rings (SSSR count). The molecule has 0 bridgehead atoms. The van der Waals surface area contributed by atoms with Gasteiger partial charge in [0.2, 0.25) is 0 Å². The minimum Gasteiger partial charge on any atom is -0.370 e. The second kappa shape index (κ2) is 9.64. The van der Waals surface area contributed by atoms with E-state index in [0.29, 0.717) is 5.56 Å². The van der Waals surface area contributed by atoms with Crippen molar-refractivity contribution in [3.63, 3.8) is 0 Å². The Kier molecular flexibility index (Phi) is 8.11. The van der Waals surface area contributed by atoms with Crippen molar-refractivity contribution in [2.75, 3.05) is 30.4 Å². The Hall–Kier alpha value is -1.23. The second-order valence-electron chi connectivity index (χ2n) is 4.61. The van der Waals surface area contributed by atoms with Gasteiger partial charge in [0.1, 0.15) is 5.82 Å². The maximum absolute atomic E-state index is 12.1. The van der Waals surface area contributed by atoms with Crippen molar-refractivity contribution >= 4 is 23.5 Å². The maximum Gasteiger partial charge on any atom is 0.251 e. The van der Waals surface area contributed by atoms with Crippen LogP contribution < -0.4 is 10.6 Å². The van der Waals surface area contributed by atoms with Gasteiger partial charge in [-0.25, -0.2) is 4.98 Å². The summed E-state index contributed by atoms with van der Waals surface area (Å²) in [4.78, 5) is 16.6. The molecule has 1 heterocycles. The predicted molar refractivity (Wildman–Crippen MR) is 87.7 cm³/mol. The summed E-state index contributed by atoms with van der Waals surface area (Å²) in [6.45, 7) is 5.75. The molecule has 0 spiro atoms. The smallest absolute Gasteiger partial charge is 0.251 e. The zero-order valence-electron chi connectivity index (χ0n) is 12.7. The molecule has 1 aromatic rings. The van der Waals surface area contributed by atoms with Gasteiger partial charge in [0, 0.05) is 24.3 Å². The molecule has 0 aliphatic carbocycles. The molecule has 4 nitrogen and oxygen atoms in total. The Balaban J connectivity index is 2.68. The van der Waals surface area contributed by atoms with E-state index in [1.165, 1.54) is 0 Å². The number of aryl methyl sites for hydroxylation is 1. The first-order valence-corrected chi connectivity index (χ1v) is 8.62. The lowest BCUT2D eigenvalue weighted by atomic mass is 10.1. The van der Waals surface area contributed by atoms with E-state index in [0.717, 1.165) is 49.6 Å². The Labute approximate surface area is 126 Å². The van der Waals surface area contributed by atoms with E-state index in [9.17, 15) is 4.79 Å². The number of nitrogens with zero attached hydrogens (tertiary/aromatic N) is 1. The van der Waals surface area contributed by atoms with Gasteiger partial charge in [-0.15, -0.1) is 0 Å². The molecule has 0 aliphatic heterocycles. The SMILES string of the molecule is CCCNc1cc(C(=O)NCCCSC)cc(CC)n1. The Morgan fingerprint density at radius 2 is 2.10 bits per heavy atom. The van der Waals surface area contributed by atoms with Gasteiger partial charge in [-0.05, 0) is 43.4 Å². The van der Waals surface area contributed by atoms with Crippen LogP contribution in [-0.2, 0) is 6.42 Å². The number of aromatic nitrogens is 1. The third-order valence-electron chi connectivity index (χ3n) is 2.87. The Bertz CT molecular complexity index is 424. The van der Waals surface area contributed by atoms with Crippen molar-refractivity contribution in [3.8, 4) is 0 Å². The highest BCUT2D eigenvalue weighted by Gasteiger charge is 2.08. The van der Waals surface area contributed by atoms with E-state index < -0.39 is 0 Å². The van der Waals surface area contributed by atoms with E-state index in [-0.39, 0.29) is 5.91 Å². The molecule has 20 heavy (non-hydrogen) atoms. The van der Waals surface area contributed by atoms with E-state index in [1.807, 2.05) is 19.1 Å².